The van der Waals surface area contributed by atoms with Gasteiger partial charge >= 0.3 is 0 Å². The molecule has 3 aromatic carbocycles. The summed E-state index contributed by atoms with van der Waals surface area (Å²) in [7, 11) is -1.55. The van der Waals surface area contributed by atoms with E-state index < -0.39 is 9.84 Å². The van der Waals surface area contributed by atoms with Crippen LogP contribution in [0.3, 0.4) is 0 Å². The van der Waals surface area contributed by atoms with Crippen LogP contribution in [0.1, 0.15) is 28.4 Å². The van der Waals surface area contributed by atoms with Crippen molar-refractivity contribution in [3.63, 3.8) is 0 Å². The average Bonchev–Trinajstić information content (AvgIpc) is 2.79. The Kier molecular flexibility index (Phi) is 7.89. The lowest BCUT2D eigenvalue weighted by molar-refractivity contribution is -0.115. The van der Waals surface area contributed by atoms with Crippen molar-refractivity contribution in [2.45, 2.75) is 24.8 Å². The molecule has 8 heteroatoms. The fourth-order valence-corrected chi connectivity index (χ4v) is 4.37. The molecule has 33 heavy (non-hydrogen) atoms. The van der Waals surface area contributed by atoms with Gasteiger partial charge in [-0.25, -0.2) is 8.42 Å². The molecule has 2 amide bonds. The molecule has 0 aliphatic carbocycles. The van der Waals surface area contributed by atoms with E-state index in [1.807, 2.05) is 18.2 Å². The smallest absolute Gasteiger partial charge is 0.253 e. The summed E-state index contributed by atoms with van der Waals surface area (Å²) in [4.78, 5) is 26.9. The van der Waals surface area contributed by atoms with Crippen molar-refractivity contribution in [1.29, 1.82) is 0 Å². The van der Waals surface area contributed by atoms with Gasteiger partial charge in [0.1, 0.15) is 0 Å². The van der Waals surface area contributed by atoms with E-state index in [4.69, 9.17) is 11.6 Å². The fourth-order valence-electron chi connectivity index (χ4n) is 3.27. The number of hydrogen-bond donors (Lipinski definition) is 1. The molecule has 6 nitrogen and oxygen atoms in total. The normalized spacial score (nSPS) is 11.1. The zero-order valence-corrected chi connectivity index (χ0v) is 20.0. The highest BCUT2D eigenvalue weighted by Gasteiger charge is 2.14. The molecular formula is C25H25ClN2O4S. The standard InChI is InChI=1S/C25H25ClN2O4S/c1-3-33(31,32)23-13-7-18(8-14-23)16-24(29)27-22-11-9-20(10-12-22)25(30)28(2)17-19-5-4-6-21(26)15-19/h4-15H,3,16-17H2,1-2H3,(H,27,29). The lowest BCUT2D eigenvalue weighted by Crippen LogP contribution is -2.26. The third-order valence-corrected chi connectivity index (χ3v) is 7.08. The number of carbonyl (C=O) groups is 2. The van der Waals surface area contributed by atoms with Gasteiger partial charge in [0.25, 0.3) is 5.91 Å². The number of anilines is 1. The number of halogens is 1. The summed E-state index contributed by atoms with van der Waals surface area (Å²) in [5, 5.41) is 3.41. The van der Waals surface area contributed by atoms with E-state index in [1.165, 1.54) is 12.1 Å². The van der Waals surface area contributed by atoms with Crippen molar-refractivity contribution in [3.05, 3.63) is 94.5 Å². The molecule has 0 fully saturated rings. The number of nitrogens with zero attached hydrogens (tertiary/aromatic N) is 1. The van der Waals surface area contributed by atoms with E-state index in [1.54, 1.807) is 61.3 Å². The molecule has 0 bridgehead atoms. The molecule has 0 saturated heterocycles. The van der Waals surface area contributed by atoms with Crippen LogP contribution in [0, 0.1) is 0 Å². The summed E-state index contributed by atoms with van der Waals surface area (Å²) in [6.07, 6.45) is 0.107. The Bertz CT molecular complexity index is 1240. The summed E-state index contributed by atoms with van der Waals surface area (Å²) in [5.41, 5.74) is 2.71. The number of carbonyl (C=O) groups excluding carboxylic acids is 2. The van der Waals surface area contributed by atoms with Crippen LogP contribution in [0.15, 0.2) is 77.7 Å². The maximum Gasteiger partial charge on any atom is 0.253 e. The first-order valence-electron chi connectivity index (χ1n) is 10.4. The van der Waals surface area contributed by atoms with Gasteiger partial charge in [0.05, 0.1) is 17.1 Å². The first kappa shape index (κ1) is 24.5. The minimum atomic E-state index is -3.27. The molecule has 0 aromatic heterocycles. The van der Waals surface area contributed by atoms with Crippen molar-refractivity contribution in [3.8, 4) is 0 Å². The summed E-state index contributed by atoms with van der Waals surface area (Å²) < 4.78 is 23.8. The highest BCUT2D eigenvalue weighted by molar-refractivity contribution is 7.91. The predicted octanol–water partition coefficient (Wildman–Crippen LogP) is 4.59. The first-order chi connectivity index (χ1) is 15.7. The summed E-state index contributed by atoms with van der Waals surface area (Å²) in [5.74, 6) is -0.352. The van der Waals surface area contributed by atoms with Crippen LogP contribution >= 0.6 is 11.6 Å². The third-order valence-electron chi connectivity index (χ3n) is 5.10. The van der Waals surface area contributed by atoms with Gasteiger partial charge in [-0.3, -0.25) is 9.59 Å². The maximum atomic E-state index is 12.7. The largest absolute Gasteiger partial charge is 0.337 e. The number of amides is 2. The Balaban J connectivity index is 1.57. The second kappa shape index (κ2) is 10.6. The molecule has 0 saturated carbocycles. The van der Waals surface area contributed by atoms with Crippen LogP contribution in [-0.2, 0) is 27.6 Å². The number of sulfone groups is 1. The van der Waals surface area contributed by atoms with Gasteiger partial charge in [-0.05, 0) is 59.7 Å². The van der Waals surface area contributed by atoms with Gasteiger partial charge in [-0.2, -0.15) is 0 Å². The molecule has 172 valence electrons. The molecule has 3 rings (SSSR count). The van der Waals surface area contributed by atoms with E-state index >= 15 is 0 Å². The lowest BCUT2D eigenvalue weighted by Gasteiger charge is -2.18. The van der Waals surface area contributed by atoms with E-state index in [0.717, 1.165) is 5.56 Å². The predicted molar refractivity (Wildman–Crippen MR) is 130 cm³/mol. The molecule has 0 aliphatic rings. The summed E-state index contributed by atoms with van der Waals surface area (Å²) in [6, 6.07) is 20.3. The molecule has 0 heterocycles. The Morgan fingerprint density at radius 1 is 0.939 bits per heavy atom. The molecule has 0 spiro atoms. The van der Waals surface area contributed by atoms with Crippen molar-refractivity contribution >= 4 is 38.9 Å². The number of hydrogen-bond acceptors (Lipinski definition) is 4. The third kappa shape index (κ3) is 6.66. The molecule has 0 atom stereocenters. The zero-order chi connectivity index (χ0) is 24.0. The number of nitrogens with one attached hydrogen (secondary N) is 1. The fraction of sp³-hybridized carbons (Fsp3) is 0.200. The van der Waals surface area contributed by atoms with E-state index in [9.17, 15) is 18.0 Å². The van der Waals surface area contributed by atoms with Crippen molar-refractivity contribution in [2.75, 3.05) is 18.1 Å². The van der Waals surface area contributed by atoms with Gasteiger partial charge in [0.15, 0.2) is 9.84 Å². The monoisotopic (exact) mass is 484 g/mol. The van der Waals surface area contributed by atoms with Crippen LogP contribution in [0.25, 0.3) is 0 Å². The van der Waals surface area contributed by atoms with Gasteiger partial charge in [0, 0.05) is 29.9 Å². The zero-order valence-electron chi connectivity index (χ0n) is 18.4. The highest BCUT2D eigenvalue weighted by Crippen LogP contribution is 2.16. The van der Waals surface area contributed by atoms with Crippen LogP contribution in [-0.4, -0.2) is 37.9 Å². The quantitative estimate of drug-likeness (QED) is 0.507. The van der Waals surface area contributed by atoms with Gasteiger partial charge in [-0.15, -0.1) is 0 Å². The van der Waals surface area contributed by atoms with E-state index in [-0.39, 0.29) is 28.9 Å². The van der Waals surface area contributed by atoms with Crippen LogP contribution in [0.4, 0.5) is 5.69 Å². The second-order valence-electron chi connectivity index (χ2n) is 7.64. The second-order valence-corrected chi connectivity index (χ2v) is 10.4. The molecule has 0 unspecified atom stereocenters. The van der Waals surface area contributed by atoms with Crippen LogP contribution < -0.4 is 5.32 Å². The van der Waals surface area contributed by atoms with Crippen molar-refractivity contribution in [2.24, 2.45) is 0 Å². The maximum absolute atomic E-state index is 12.7. The van der Waals surface area contributed by atoms with Gasteiger partial charge in [-0.1, -0.05) is 42.8 Å². The minimum absolute atomic E-state index is 0.0295. The van der Waals surface area contributed by atoms with E-state index in [2.05, 4.69) is 5.32 Å². The van der Waals surface area contributed by atoms with Crippen LogP contribution in [0.2, 0.25) is 5.02 Å². The molecule has 3 aromatic rings. The lowest BCUT2D eigenvalue weighted by atomic mass is 10.1. The molecule has 0 radical (unpaired) electrons. The average molecular weight is 485 g/mol. The van der Waals surface area contributed by atoms with Crippen molar-refractivity contribution in [1.82, 2.24) is 4.90 Å². The molecular weight excluding hydrogens is 460 g/mol. The summed E-state index contributed by atoms with van der Waals surface area (Å²) >= 11 is 6.00. The van der Waals surface area contributed by atoms with E-state index in [0.29, 0.717) is 28.4 Å². The Hall–Kier alpha value is -3.16. The van der Waals surface area contributed by atoms with Gasteiger partial charge in [0.2, 0.25) is 5.91 Å². The SMILES string of the molecule is CCS(=O)(=O)c1ccc(CC(=O)Nc2ccc(C(=O)N(C)Cc3cccc(Cl)c3)cc2)cc1. The van der Waals surface area contributed by atoms with Crippen LogP contribution in [0.5, 0.6) is 0 Å². The Labute approximate surface area is 199 Å². The van der Waals surface area contributed by atoms with Crippen molar-refractivity contribution < 1.29 is 18.0 Å². The molecule has 1 N–H and O–H groups in total. The Morgan fingerprint density at radius 2 is 1.61 bits per heavy atom. The molecule has 0 aliphatic heterocycles. The topological polar surface area (TPSA) is 83.5 Å². The highest BCUT2D eigenvalue weighted by atomic mass is 35.5. The number of rotatable bonds is 8. The number of benzene rings is 3. The Morgan fingerprint density at radius 3 is 2.21 bits per heavy atom. The first-order valence-corrected chi connectivity index (χ1v) is 12.4. The van der Waals surface area contributed by atoms with Gasteiger partial charge < -0.3 is 10.2 Å². The minimum Gasteiger partial charge on any atom is -0.337 e. The summed E-state index contributed by atoms with van der Waals surface area (Å²) in [6.45, 7) is 2.02.